The van der Waals surface area contributed by atoms with Gasteiger partial charge >= 0.3 is 0 Å². The maximum absolute atomic E-state index is 15.0. The Balaban J connectivity index is 0.960. The molecule has 1 aliphatic carbocycles. The Labute approximate surface area is 337 Å². The van der Waals surface area contributed by atoms with Crippen molar-refractivity contribution in [3.8, 4) is 44.8 Å². The van der Waals surface area contributed by atoms with Gasteiger partial charge in [0.05, 0.1) is 16.6 Å². The number of para-hydroxylation sites is 2. The van der Waals surface area contributed by atoms with Crippen molar-refractivity contribution in [3.05, 3.63) is 205 Å². The van der Waals surface area contributed by atoms with Crippen LogP contribution in [0.1, 0.15) is 25.0 Å². The second-order valence-electron chi connectivity index (χ2n) is 15.8. The lowest BCUT2D eigenvalue weighted by Gasteiger charge is -2.23. The van der Waals surface area contributed by atoms with E-state index in [2.05, 4.69) is 140 Å². The number of hydrogen-bond acceptors (Lipinski definition) is 3. The summed E-state index contributed by atoms with van der Waals surface area (Å²) in [6.45, 7) is 4.67. The summed E-state index contributed by atoms with van der Waals surface area (Å²) in [5, 5.41) is 3.53. The molecule has 8 aromatic carbocycles. The van der Waals surface area contributed by atoms with Crippen molar-refractivity contribution in [3.63, 3.8) is 0 Å². The van der Waals surface area contributed by atoms with E-state index in [9.17, 15) is 4.57 Å². The molecule has 0 fully saturated rings. The molecule has 0 unspecified atom stereocenters. The van der Waals surface area contributed by atoms with Crippen molar-refractivity contribution in [2.75, 3.05) is 0 Å². The quantitative estimate of drug-likeness (QED) is 0.158. The lowest BCUT2D eigenvalue weighted by Crippen LogP contribution is -2.24. The van der Waals surface area contributed by atoms with E-state index in [1.54, 1.807) is 0 Å². The lowest BCUT2D eigenvalue weighted by atomic mass is 9.81. The van der Waals surface area contributed by atoms with E-state index in [0.717, 1.165) is 71.6 Å². The van der Waals surface area contributed by atoms with Gasteiger partial charge < -0.3 is 4.57 Å². The van der Waals surface area contributed by atoms with Crippen LogP contribution in [0, 0.1) is 0 Å². The summed E-state index contributed by atoms with van der Waals surface area (Å²) in [6.07, 6.45) is 0. The molecule has 0 bridgehead atoms. The van der Waals surface area contributed by atoms with Crippen LogP contribution in [0.2, 0.25) is 0 Å². The van der Waals surface area contributed by atoms with Gasteiger partial charge in [0, 0.05) is 32.3 Å². The lowest BCUT2D eigenvalue weighted by molar-refractivity contribution is 0.592. The number of imidazole rings is 1. The number of fused-ring (bicyclic) bond motifs is 8. The second-order valence-corrected chi connectivity index (χ2v) is 18.5. The Morgan fingerprint density at radius 3 is 1.59 bits per heavy atom. The van der Waals surface area contributed by atoms with Crippen molar-refractivity contribution >= 4 is 50.6 Å². The topological polar surface area (TPSA) is 47.3 Å². The van der Waals surface area contributed by atoms with Gasteiger partial charge in [-0.05, 0) is 80.9 Å². The third-order valence-electron chi connectivity index (χ3n) is 12.1. The minimum atomic E-state index is -3.05. The summed E-state index contributed by atoms with van der Waals surface area (Å²) in [5.41, 5.74) is 14.4. The number of aromatic nitrogens is 3. The molecule has 0 amide bonds. The average molecular weight is 764 g/mol. The number of hydrogen-bond donors (Lipinski definition) is 0. The van der Waals surface area contributed by atoms with Crippen molar-refractivity contribution < 1.29 is 4.57 Å². The van der Waals surface area contributed by atoms with Gasteiger partial charge in [-0.25, -0.2) is 9.97 Å². The van der Waals surface area contributed by atoms with E-state index in [4.69, 9.17) is 9.97 Å². The van der Waals surface area contributed by atoms with Crippen LogP contribution in [0.25, 0.3) is 72.4 Å². The first-order chi connectivity index (χ1) is 28.4. The fourth-order valence-electron chi connectivity index (χ4n) is 9.04. The van der Waals surface area contributed by atoms with Crippen LogP contribution in [-0.4, -0.2) is 14.4 Å². The van der Waals surface area contributed by atoms with Crippen LogP contribution in [0.15, 0.2) is 194 Å². The summed E-state index contributed by atoms with van der Waals surface area (Å²) < 4.78 is 17.2. The first kappa shape index (κ1) is 34.4. The zero-order valence-electron chi connectivity index (χ0n) is 32.2. The van der Waals surface area contributed by atoms with Crippen LogP contribution in [0.4, 0.5) is 0 Å². The molecule has 276 valence electrons. The van der Waals surface area contributed by atoms with E-state index in [1.807, 2.05) is 72.8 Å². The predicted octanol–water partition coefficient (Wildman–Crippen LogP) is 12.0. The zero-order chi connectivity index (χ0) is 39.0. The van der Waals surface area contributed by atoms with Gasteiger partial charge in [0.25, 0.3) is 0 Å². The van der Waals surface area contributed by atoms with Crippen molar-refractivity contribution in [2.45, 2.75) is 19.3 Å². The summed E-state index contributed by atoms with van der Waals surface area (Å²) in [7, 11) is -3.05. The van der Waals surface area contributed by atoms with Gasteiger partial charge in [-0.3, -0.25) is 4.40 Å². The Morgan fingerprint density at radius 1 is 0.448 bits per heavy atom. The number of benzene rings is 8. The van der Waals surface area contributed by atoms with Gasteiger partial charge in [0.1, 0.15) is 11.5 Å². The molecule has 0 atom stereocenters. The third kappa shape index (κ3) is 5.26. The molecule has 5 heteroatoms. The normalized spacial score (nSPS) is 13.2. The molecule has 2 aromatic heterocycles. The SMILES string of the molecule is CC1(C)c2cc(-c3ccc(P(=O)(c4ccccc4)c4ccccc4)cc3)ccc2-c2ccc(-c3ccc4nc(-c5ccccc5)n5c6ccccc6nc5c4c3)cc21. The summed E-state index contributed by atoms with van der Waals surface area (Å²) in [6, 6.07) is 67.1. The molecule has 58 heavy (non-hydrogen) atoms. The smallest absolute Gasteiger partial charge is 0.171 e. The van der Waals surface area contributed by atoms with E-state index in [-0.39, 0.29) is 5.41 Å². The van der Waals surface area contributed by atoms with E-state index in [1.165, 1.54) is 27.8 Å². The molecule has 0 spiro atoms. The largest absolute Gasteiger partial charge is 0.309 e. The van der Waals surface area contributed by atoms with E-state index in [0.29, 0.717) is 0 Å². The van der Waals surface area contributed by atoms with Crippen molar-refractivity contribution in [1.82, 2.24) is 14.4 Å². The van der Waals surface area contributed by atoms with Crippen LogP contribution in [-0.2, 0) is 9.98 Å². The standard InChI is InChI=1S/C53H38N3OP/c1-53(2)46-33-38(35-22-27-42(28-23-35)58(57,40-16-8-4-9-17-40)41-18-10-5-11-19-41)24-29-43(46)44-30-25-39(34-47(44)53)37-26-31-48-45(32-37)52-55-49-20-12-13-21-50(49)56(52)51(54-48)36-14-6-3-7-15-36/h3-34H,1-2H3. The Hall–Kier alpha value is -6.87. The van der Waals surface area contributed by atoms with Gasteiger partial charge in [0.2, 0.25) is 0 Å². The fraction of sp³-hybridized carbons (Fsp3) is 0.0566. The molecule has 10 aromatic rings. The zero-order valence-corrected chi connectivity index (χ0v) is 33.1. The molecule has 2 heterocycles. The van der Waals surface area contributed by atoms with Crippen LogP contribution in [0.3, 0.4) is 0 Å². The molecule has 0 saturated heterocycles. The highest BCUT2D eigenvalue weighted by atomic mass is 31.2. The molecule has 11 rings (SSSR count). The highest BCUT2D eigenvalue weighted by Gasteiger charge is 2.36. The number of nitrogens with zero attached hydrogens (tertiary/aromatic N) is 3. The van der Waals surface area contributed by atoms with Crippen molar-refractivity contribution in [2.24, 2.45) is 0 Å². The van der Waals surface area contributed by atoms with Crippen LogP contribution in [0.5, 0.6) is 0 Å². The fourth-order valence-corrected chi connectivity index (χ4v) is 11.7. The highest BCUT2D eigenvalue weighted by molar-refractivity contribution is 7.85. The molecule has 0 saturated carbocycles. The summed E-state index contributed by atoms with van der Waals surface area (Å²) >= 11 is 0. The maximum Gasteiger partial charge on any atom is 0.171 e. The third-order valence-corrected chi connectivity index (χ3v) is 15.2. The number of rotatable bonds is 6. The summed E-state index contributed by atoms with van der Waals surface area (Å²) in [4.78, 5) is 10.4. The first-order valence-corrected chi connectivity index (χ1v) is 21.5. The van der Waals surface area contributed by atoms with Crippen LogP contribution >= 0.6 is 7.14 Å². The minimum Gasteiger partial charge on any atom is -0.309 e. The first-order valence-electron chi connectivity index (χ1n) is 19.8. The molecule has 0 N–H and O–H groups in total. The highest BCUT2D eigenvalue weighted by Crippen LogP contribution is 2.51. The van der Waals surface area contributed by atoms with Gasteiger partial charge in [-0.15, -0.1) is 0 Å². The molecular weight excluding hydrogens is 726 g/mol. The van der Waals surface area contributed by atoms with Gasteiger partial charge in [-0.1, -0.05) is 172 Å². The Morgan fingerprint density at radius 2 is 0.948 bits per heavy atom. The Bertz CT molecular complexity index is 3220. The van der Waals surface area contributed by atoms with E-state index >= 15 is 0 Å². The minimum absolute atomic E-state index is 0.218. The molecule has 4 nitrogen and oxygen atoms in total. The predicted molar refractivity (Wildman–Crippen MR) is 241 cm³/mol. The summed E-state index contributed by atoms with van der Waals surface area (Å²) in [5.74, 6) is 0.885. The molecular formula is C53H38N3OP. The van der Waals surface area contributed by atoms with Crippen molar-refractivity contribution in [1.29, 1.82) is 0 Å². The Kier molecular flexibility index (Phi) is 7.76. The maximum atomic E-state index is 15.0. The van der Waals surface area contributed by atoms with E-state index < -0.39 is 7.14 Å². The van der Waals surface area contributed by atoms with Crippen LogP contribution < -0.4 is 15.9 Å². The monoisotopic (exact) mass is 763 g/mol. The molecule has 1 aliphatic rings. The second kappa shape index (κ2) is 13.1. The van der Waals surface area contributed by atoms with Gasteiger partial charge in [-0.2, -0.15) is 0 Å². The average Bonchev–Trinajstić information content (AvgIpc) is 3.79. The molecule has 0 radical (unpaired) electrons. The van der Waals surface area contributed by atoms with Gasteiger partial charge in [0.15, 0.2) is 7.14 Å². The molecule has 0 aliphatic heterocycles.